The third kappa shape index (κ3) is 5.05. The molecule has 7 heteroatoms. The minimum absolute atomic E-state index is 0.0239. The van der Waals surface area contributed by atoms with Gasteiger partial charge in [0.25, 0.3) is 0 Å². The zero-order valence-corrected chi connectivity index (χ0v) is 22.3. The first-order chi connectivity index (χ1) is 19.1. The van der Waals surface area contributed by atoms with E-state index in [0.717, 1.165) is 50.1 Å². The third-order valence-electron chi connectivity index (χ3n) is 8.65. The summed E-state index contributed by atoms with van der Waals surface area (Å²) in [7, 11) is 1.61. The summed E-state index contributed by atoms with van der Waals surface area (Å²) in [6.07, 6.45) is 4.55. The predicted molar refractivity (Wildman–Crippen MR) is 153 cm³/mol. The first-order valence-corrected chi connectivity index (χ1v) is 14.0. The lowest BCUT2D eigenvalue weighted by Crippen LogP contribution is -2.51. The molecular formula is C32H36N4O3. The number of methoxy groups -OCH3 is 1. The zero-order chi connectivity index (χ0) is 26.8. The van der Waals surface area contributed by atoms with Crippen LogP contribution in [0.25, 0.3) is 0 Å². The van der Waals surface area contributed by atoms with Gasteiger partial charge in [-0.1, -0.05) is 61.4 Å². The molecule has 3 amide bonds. The molecular weight excluding hydrogens is 488 g/mol. The van der Waals surface area contributed by atoms with Gasteiger partial charge in [0, 0.05) is 29.9 Å². The number of carbonyl (C=O) groups is 2. The third-order valence-corrected chi connectivity index (χ3v) is 8.65. The number of nitrogens with zero attached hydrogens (tertiary/aromatic N) is 1. The molecule has 6 rings (SSSR count). The minimum atomic E-state index is -0.277. The number of hydrogen-bond acceptors (Lipinski definition) is 4. The number of ether oxygens (including phenoxy) is 1. The van der Waals surface area contributed by atoms with E-state index in [1.165, 1.54) is 11.1 Å². The molecule has 2 aliphatic heterocycles. The molecule has 0 radical (unpaired) electrons. The van der Waals surface area contributed by atoms with Crippen LogP contribution in [-0.4, -0.2) is 36.5 Å². The van der Waals surface area contributed by atoms with E-state index >= 15 is 0 Å². The molecule has 0 bridgehead atoms. The predicted octanol–water partition coefficient (Wildman–Crippen LogP) is 6.13. The van der Waals surface area contributed by atoms with Gasteiger partial charge in [-0.05, 0) is 60.7 Å². The van der Waals surface area contributed by atoms with Crippen molar-refractivity contribution in [2.75, 3.05) is 24.3 Å². The second-order valence-electron chi connectivity index (χ2n) is 10.9. The number of para-hydroxylation sites is 1. The highest BCUT2D eigenvalue weighted by atomic mass is 16.5. The Balaban J connectivity index is 1.21. The van der Waals surface area contributed by atoms with Gasteiger partial charge < -0.3 is 25.6 Å². The Hall–Kier alpha value is -4.00. The van der Waals surface area contributed by atoms with Crippen molar-refractivity contribution >= 4 is 23.3 Å². The van der Waals surface area contributed by atoms with Crippen LogP contribution in [0.2, 0.25) is 0 Å². The van der Waals surface area contributed by atoms with E-state index in [2.05, 4.69) is 69.4 Å². The van der Waals surface area contributed by atoms with Crippen LogP contribution >= 0.6 is 0 Å². The second-order valence-corrected chi connectivity index (χ2v) is 10.9. The number of hydrogen-bond donors (Lipinski definition) is 3. The lowest BCUT2D eigenvalue weighted by atomic mass is 9.79. The molecule has 2 heterocycles. The Morgan fingerprint density at radius 1 is 0.897 bits per heavy atom. The Labute approximate surface area is 229 Å². The summed E-state index contributed by atoms with van der Waals surface area (Å²) in [4.78, 5) is 29.3. The van der Waals surface area contributed by atoms with Crippen LogP contribution < -0.4 is 20.7 Å². The van der Waals surface area contributed by atoms with Crippen LogP contribution in [0, 0.1) is 11.8 Å². The molecule has 0 spiro atoms. The summed E-state index contributed by atoms with van der Waals surface area (Å²) in [5, 5.41) is 9.83. The molecule has 1 aliphatic carbocycles. The average Bonchev–Trinajstić information content (AvgIpc) is 3.43. The molecule has 7 nitrogen and oxygen atoms in total. The van der Waals surface area contributed by atoms with Crippen molar-refractivity contribution in [2.24, 2.45) is 11.8 Å². The van der Waals surface area contributed by atoms with Crippen molar-refractivity contribution < 1.29 is 14.3 Å². The molecule has 5 atom stereocenters. The molecule has 2 fully saturated rings. The van der Waals surface area contributed by atoms with Crippen molar-refractivity contribution in [2.45, 2.75) is 50.2 Å². The van der Waals surface area contributed by atoms with Gasteiger partial charge in [0.15, 0.2) is 0 Å². The van der Waals surface area contributed by atoms with Gasteiger partial charge in [0.1, 0.15) is 5.75 Å². The van der Waals surface area contributed by atoms with E-state index in [4.69, 9.17) is 4.74 Å². The molecule has 39 heavy (non-hydrogen) atoms. The fourth-order valence-electron chi connectivity index (χ4n) is 6.78. The molecule has 0 aromatic heterocycles. The normalized spacial score (nSPS) is 25.6. The number of nitrogens with one attached hydrogen (secondary N) is 3. The Morgan fingerprint density at radius 3 is 2.44 bits per heavy atom. The molecule has 202 valence electrons. The number of fused-ring (bicyclic) bond motifs is 3. The van der Waals surface area contributed by atoms with Crippen LogP contribution in [0.15, 0.2) is 78.9 Å². The summed E-state index contributed by atoms with van der Waals surface area (Å²) in [6.45, 7) is 0.731. The minimum Gasteiger partial charge on any atom is -0.497 e. The van der Waals surface area contributed by atoms with Gasteiger partial charge in [-0.2, -0.15) is 0 Å². The van der Waals surface area contributed by atoms with Crippen LogP contribution in [0.4, 0.5) is 16.2 Å². The van der Waals surface area contributed by atoms with E-state index < -0.39 is 0 Å². The van der Waals surface area contributed by atoms with Gasteiger partial charge in [-0.15, -0.1) is 0 Å². The number of rotatable bonds is 5. The van der Waals surface area contributed by atoms with Crippen molar-refractivity contribution in [3.05, 3.63) is 90.0 Å². The van der Waals surface area contributed by atoms with E-state index in [1.54, 1.807) is 7.11 Å². The Kier molecular flexibility index (Phi) is 7.14. The van der Waals surface area contributed by atoms with Crippen LogP contribution in [0.5, 0.6) is 5.75 Å². The number of benzene rings is 3. The topological polar surface area (TPSA) is 82.7 Å². The molecule has 3 aromatic carbocycles. The van der Waals surface area contributed by atoms with Gasteiger partial charge in [-0.3, -0.25) is 4.79 Å². The highest BCUT2D eigenvalue weighted by Crippen LogP contribution is 2.51. The number of anilines is 2. The van der Waals surface area contributed by atoms with Gasteiger partial charge in [0.2, 0.25) is 5.91 Å². The monoisotopic (exact) mass is 524 g/mol. The number of carbonyl (C=O) groups excluding carboxylic acids is 2. The Bertz CT molecular complexity index is 1310. The molecule has 3 aromatic rings. The summed E-state index contributed by atoms with van der Waals surface area (Å²) in [5.41, 5.74) is 4.24. The molecule has 1 saturated carbocycles. The van der Waals surface area contributed by atoms with E-state index in [0.29, 0.717) is 11.6 Å². The largest absolute Gasteiger partial charge is 0.497 e. The summed E-state index contributed by atoms with van der Waals surface area (Å²) in [5.74, 6) is 0.966. The first-order valence-electron chi connectivity index (χ1n) is 14.0. The quantitative estimate of drug-likeness (QED) is 0.375. The van der Waals surface area contributed by atoms with Gasteiger partial charge in [-0.25, -0.2) is 4.79 Å². The maximum absolute atomic E-state index is 14.2. The summed E-state index contributed by atoms with van der Waals surface area (Å²) in [6, 6.07) is 25.9. The average molecular weight is 525 g/mol. The lowest BCUT2D eigenvalue weighted by molar-refractivity contribution is -0.138. The molecule has 1 saturated heterocycles. The van der Waals surface area contributed by atoms with Crippen molar-refractivity contribution in [3.63, 3.8) is 0 Å². The maximum atomic E-state index is 14.2. The SMILES string of the molecule is COc1ccc(NC(=O)N[C@@H]2CCCC[C@@H]2C(=O)N2CC[C@@H]3[C@H](c4ccccc4)Nc4ccccc4[C@@H]32)cc1. The van der Waals surface area contributed by atoms with Gasteiger partial charge in [0.05, 0.1) is 25.1 Å². The molecule has 0 unspecified atom stereocenters. The first kappa shape index (κ1) is 25.3. The standard InChI is InChI=1S/C32H36N4O3/c1-39-23-17-15-22(16-18-23)33-32(38)35-28-14-8-6-12-25(28)31(37)36-20-19-26-29(21-9-3-2-4-10-21)34-27-13-7-5-11-24(27)30(26)36/h2-5,7,9-11,13,15-18,25-26,28-30,34H,6,8,12,14,19-20H2,1H3,(H2,33,35,38)/t25-,26+,28+,29-,30-/m0/s1. The number of urea groups is 1. The molecule has 3 N–H and O–H groups in total. The van der Waals surface area contributed by atoms with E-state index in [-0.39, 0.29) is 36.0 Å². The summed E-state index contributed by atoms with van der Waals surface area (Å²) >= 11 is 0. The lowest BCUT2D eigenvalue weighted by Gasteiger charge is -2.42. The van der Waals surface area contributed by atoms with Crippen molar-refractivity contribution in [1.82, 2.24) is 10.2 Å². The van der Waals surface area contributed by atoms with E-state index in [9.17, 15) is 9.59 Å². The zero-order valence-electron chi connectivity index (χ0n) is 22.3. The van der Waals surface area contributed by atoms with Crippen molar-refractivity contribution in [1.29, 1.82) is 0 Å². The second kappa shape index (κ2) is 11.0. The van der Waals surface area contributed by atoms with Crippen LogP contribution in [0.3, 0.4) is 0 Å². The van der Waals surface area contributed by atoms with Gasteiger partial charge >= 0.3 is 6.03 Å². The van der Waals surface area contributed by atoms with Crippen LogP contribution in [-0.2, 0) is 4.79 Å². The molecule has 3 aliphatic rings. The number of likely N-dealkylation sites (tertiary alicyclic amines) is 1. The highest BCUT2D eigenvalue weighted by molar-refractivity contribution is 5.90. The number of amides is 3. The smallest absolute Gasteiger partial charge is 0.319 e. The fraction of sp³-hybridized carbons (Fsp3) is 0.375. The Morgan fingerprint density at radius 2 is 1.64 bits per heavy atom. The maximum Gasteiger partial charge on any atom is 0.319 e. The van der Waals surface area contributed by atoms with Crippen LogP contribution in [0.1, 0.15) is 55.3 Å². The highest BCUT2D eigenvalue weighted by Gasteiger charge is 2.48. The van der Waals surface area contributed by atoms with E-state index in [1.807, 2.05) is 30.3 Å². The fourth-order valence-corrected chi connectivity index (χ4v) is 6.78. The van der Waals surface area contributed by atoms with Crippen molar-refractivity contribution in [3.8, 4) is 5.75 Å². The summed E-state index contributed by atoms with van der Waals surface area (Å²) < 4.78 is 5.20.